The lowest BCUT2D eigenvalue weighted by Crippen LogP contribution is -2.24. The molecule has 0 saturated heterocycles. The Hall–Kier alpha value is -2.07. The Kier molecular flexibility index (Phi) is 4.91. The van der Waals surface area contributed by atoms with Crippen LogP contribution in [-0.2, 0) is 6.42 Å². The lowest BCUT2D eigenvalue weighted by Gasteiger charge is -2.22. The van der Waals surface area contributed by atoms with Crippen molar-refractivity contribution in [1.82, 2.24) is 10.3 Å². The van der Waals surface area contributed by atoms with Crippen LogP contribution in [0.25, 0.3) is 0 Å². The summed E-state index contributed by atoms with van der Waals surface area (Å²) in [4.78, 5) is 4.36. The number of benzene rings is 1. The van der Waals surface area contributed by atoms with Gasteiger partial charge in [-0.3, -0.25) is 4.98 Å². The van der Waals surface area contributed by atoms with Crippen molar-refractivity contribution in [2.45, 2.75) is 25.8 Å². The summed E-state index contributed by atoms with van der Waals surface area (Å²) >= 11 is 0. The summed E-state index contributed by atoms with van der Waals surface area (Å²) in [7, 11) is 0. The molecular formula is C18H22N2O2. The molecule has 1 aliphatic heterocycles. The van der Waals surface area contributed by atoms with Crippen LogP contribution in [0.3, 0.4) is 0 Å². The second-order valence-electron chi connectivity index (χ2n) is 5.39. The number of pyridine rings is 1. The van der Waals surface area contributed by atoms with E-state index in [1.807, 2.05) is 24.4 Å². The molecule has 0 aliphatic carbocycles. The Morgan fingerprint density at radius 2 is 2.00 bits per heavy atom. The molecule has 116 valence electrons. The number of hydrogen-bond donors (Lipinski definition) is 1. The van der Waals surface area contributed by atoms with E-state index in [2.05, 4.69) is 35.4 Å². The molecule has 1 N–H and O–H groups in total. The van der Waals surface area contributed by atoms with Crippen molar-refractivity contribution >= 4 is 0 Å². The monoisotopic (exact) mass is 298 g/mol. The molecule has 3 rings (SSSR count). The van der Waals surface area contributed by atoms with Crippen molar-refractivity contribution < 1.29 is 9.47 Å². The molecule has 0 radical (unpaired) electrons. The van der Waals surface area contributed by atoms with Crippen LogP contribution in [0.15, 0.2) is 42.6 Å². The van der Waals surface area contributed by atoms with Crippen molar-refractivity contribution in [3.63, 3.8) is 0 Å². The maximum absolute atomic E-state index is 5.67. The Balaban J connectivity index is 1.61. The van der Waals surface area contributed by atoms with Gasteiger partial charge in [-0.15, -0.1) is 0 Å². The van der Waals surface area contributed by atoms with Gasteiger partial charge in [-0.05, 0) is 36.2 Å². The molecular weight excluding hydrogens is 276 g/mol. The Labute approximate surface area is 131 Å². The molecule has 0 fully saturated rings. The standard InChI is InChI=1S/C18H22N2O2/c1-2-16(20-10-8-15-5-3-4-9-19-15)14-6-7-17-18(13-14)22-12-11-21-17/h3-7,9,13,16,20H,2,8,10-12H2,1H3/t16-/m0/s1. The molecule has 4 nitrogen and oxygen atoms in total. The summed E-state index contributed by atoms with van der Waals surface area (Å²) in [5, 5.41) is 3.60. The van der Waals surface area contributed by atoms with Gasteiger partial charge in [-0.1, -0.05) is 19.1 Å². The smallest absolute Gasteiger partial charge is 0.161 e. The molecule has 22 heavy (non-hydrogen) atoms. The molecule has 1 aromatic heterocycles. The second-order valence-corrected chi connectivity index (χ2v) is 5.39. The number of fused-ring (bicyclic) bond motifs is 1. The van der Waals surface area contributed by atoms with Crippen molar-refractivity contribution in [1.29, 1.82) is 0 Å². The van der Waals surface area contributed by atoms with Crippen LogP contribution in [0.4, 0.5) is 0 Å². The zero-order valence-electron chi connectivity index (χ0n) is 12.9. The van der Waals surface area contributed by atoms with Crippen molar-refractivity contribution in [3.8, 4) is 11.5 Å². The summed E-state index contributed by atoms with van der Waals surface area (Å²) in [6, 6.07) is 12.6. The molecule has 1 aromatic carbocycles. The van der Waals surface area contributed by atoms with Crippen molar-refractivity contribution in [3.05, 3.63) is 53.9 Å². The quantitative estimate of drug-likeness (QED) is 0.890. The third-order valence-corrected chi connectivity index (χ3v) is 3.87. The van der Waals surface area contributed by atoms with Gasteiger partial charge in [-0.25, -0.2) is 0 Å². The minimum Gasteiger partial charge on any atom is -0.486 e. The normalized spacial score (nSPS) is 14.6. The van der Waals surface area contributed by atoms with E-state index in [0.29, 0.717) is 19.3 Å². The first-order valence-electron chi connectivity index (χ1n) is 7.89. The highest BCUT2D eigenvalue weighted by Crippen LogP contribution is 2.33. The zero-order chi connectivity index (χ0) is 15.2. The topological polar surface area (TPSA) is 43.4 Å². The van der Waals surface area contributed by atoms with Crippen molar-refractivity contribution in [2.24, 2.45) is 0 Å². The van der Waals surface area contributed by atoms with E-state index in [0.717, 1.165) is 36.6 Å². The molecule has 2 heterocycles. The van der Waals surface area contributed by atoms with E-state index in [-0.39, 0.29) is 0 Å². The second kappa shape index (κ2) is 7.27. The van der Waals surface area contributed by atoms with Gasteiger partial charge in [0.2, 0.25) is 0 Å². The van der Waals surface area contributed by atoms with Crippen LogP contribution in [0.2, 0.25) is 0 Å². The maximum Gasteiger partial charge on any atom is 0.161 e. The molecule has 1 atom stereocenters. The summed E-state index contributed by atoms with van der Waals surface area (Å²) in [5.41, 5.74) is 2.36. The first-order valence-corrected chi connectivity index (χ1v) is 7.89. The number of nitrogens with one attached hydrogen (secondary N) is 1. The number of nitrogens with zero attached hydrogens (tertiary/aromatic N) is 1. The van der Waals surface area contributed by atoms with Gasteiger partial charge in [0.1, 0.15) is 13.2 Å². The summed E-state index contributed by atoms with van der Waals surface area (Å²) < 4.78 is 11.2. The summed E-state index contributed by atoms with van der Waals surface area (Å²) in [5.74, 6) is 1.70. The molecule has 0 saturated carbocycles. The fraction of sp³-hybridized carbons (Fsp3) is 0.389. The Morgan fingerprint density at radius 3 is 2.77 bits per heavy atom. The first kappa shape index (κ1) is 14.9. The van der Waals surface area contributed by atoms with Gasteiger partial charge in [-0.2, -0.15) is 0 Å². The SMILES string of the molecule is CC[C@H](NCCc1ccccn1)c1ccc2c(c1)OCCO2. The zero-order valence-corrected chi connectivity index (χ0v) is 12.9. The predicted octanol–water partition coefficient (Wildman–Crippen LogP) is 3.14. The van der Waals surface area contributed by atoms with Gasteiger partial charge in [0.05, 0.1) is 0 Å². The van der Waals surface area contributed by atoms with Gasteiger partial charge in [0.15, 0.2) is 11.5 Å². The summed E-state index contributed by atoms with van der Waals surface area (Å²) in [6.07, 6.45) is 3.80. The Morgan fingerprint density at radius 1 is 1.14 bits per heavy atom. The number of ether oxygens (including phenoxy) is 2. The van der Waals surface area contributed by atoms with E-state index >= 15 is 0 Å². The fourth-order valence-corrected chi connectivity index (χ4v) is 2.70. The third-order valence-electron chi connectivity index (χ3n) is 3.87. The molecule has 2 aromatic rings. The van der Waals surface area contributed by atoms with Crippen LogP contribution in [0.1, 0.15) is 30.6 Å². The number of hydrogen-bond acceptors (Lipinski definition) is 4. The number of aromatic nitrogens is 1. The highest BCUT2D eigenvalue weighted by molar-refractivity contribution is 5.44. The van der Waals surface area contributed by atoms with Crippen LogP contribution in [0, 0.1) is 0 Å². The third kappa shape index (κ3) is 3.57. The average Bonchev–Trinajstić information content (AvgIpc) is 2.59. The van der Waals surface area contributed by atoms with E-state index in [9.17, 15) is 0 Å². The van der Waals surface area contributed by atoms with E-state index in [1.54, 1.807) is 0 Å². The van der Waals surface area contributed by atoms with Gasteiger partial charge < -0.3 is 14.8 Å². The molecule has 1 aliphatic rings. The average molecular weight is 298 g/mol. The van der Waals surface area contributed by atoms with E-state index < -0.39 is 0 Å². The Bertz CT molecular complexity index is 601. The highest BCUT2D eigenvalue weighted by Gasteiger charge is 2.15. The molecule has 0 spiro atoms. The van der Waals surface area contributed by atoms with Crippen LogP contribution in [-0.4, -0.2) is 24.7 Å². The van der Waals surface area contributed by atoms with Crippen LogP contribution >= 0.6 is 0 Å². The summed E-state index contributed by atoms with van der Waals surface area (Å²) in [6.45, 7) is 4.35. The minimum absolute atomic E-state index is 0.319. The van der Waals surface area contributed by atoms with Gasteiger partial charge in [0, 0.05) is 30.9 Å². The minimum atomic E-state index is 0.319. The van der Waals surface area contributed by atoms with Crippen LogP contribution < -0.4 is 14.8 Å². The highest BCUT2D eigenvalue weighted by atomic mass is 16.6. The molecule has 0 unspecified atom stereocenters. The molecule has 0 bridgehead atoms. The lowest BCUT2D eigenvalue weighted by atomic mass is 10.0. The number of rotatable bonds is 6. The van der Waals surface area contributed by atoms with E-state index in [4.69, 9.17) is 9.47 Å². The largest absolute Gasteiger partial charge is 0.486 e. The fourth-order valence-electron chi connectivity index (χ4n) is 2.70. The van der Waals surface area contributed by atoms with Crippen LogP contribution in [0.5, 0.6) is 11.5 Å². The maximum atomic E-state index is 5.67. The van der Waals surface area contributed by atoms with Crippen molar-refractivity contribution in [2.75, 3.05) is 19.8 Å². The molecule has 4 heteroatoms. The molecule has 0 amide bonds. The lowest BCUT2D eigenvalue weighted by molar-refractivity contribution is 0.171. The van der Waals surface area contributed by atoms with Gasteiger partial charge >= 0.3 is 0 Å². The van der Waals surface area contributed by atoms with Gasteiger partial charge in [0.25, 0.3) is 0 Å². The predicted molar refractivity (Wildman–Crippen MR) is 86.4 cm³/mol. The van der Waals surface area contributed by atoms with E-state index in [1.165, 1.54) is 5.56 Å². The first-order chi connectivity index (χ1) is 10.9.